The van der Waals surface area contributed by atoms with Crippen molar-refractivity contribution >= 4 is 70.9 Å². The molecule has 22 heteroatoms. The predicted octanol–water partition coefficient (Wildman–Crippen LogP) is 4.12. The third-order valence-corrected chi connectivity index (χ3v) is 11.0. The molecule has 4 N–H and O–H groups in total. The minimum absolute atomic E-state index is 0.0608. The number of fused-ring (bicyclic) bond motifs is 8. The number of halogens is 1. The fourth-order valence-electron chi connectivity index (χ4n) is 7.96. The Morgan fingerprint density at radius 1 is 0.703 bits per heavy atom. The van der Waals surface area contributed by atoms with Crippen molar-refractivity contribution in [2.45, 2.75) is 38.8 Å². The van der Waals surface area contributed by atoms with E-state index in [0.29, 0.717) is 51.3 Å². The van der Waals surface area contributed by atoms with Gasteiger partial charge in [-0.3, -0.25) is 30.4 Å². The second kappa shape index (κ2) is 19.0. The summed E-state index contributed by atoms with van der Waals surface area (Å²) < 4.78 is 10.2. The molecule has 10 heterocycles. The third kappa shape index (κ3) is 9.55. The van der Waals surface area contributed by atoms with E-state index in [0.717, 1.165) is 67.3 Å². The summed E-state index contributed by atoms with van der Waals surface area (Å²) in [6, 6.07) is 14.2. The molecule has 0 unspecified atom stereocenters. The van der Waals surface area contributed by atoms with Crippen molar-refractivity contribution < 1.29 is 29.1 Å². The van der Waals surface area contributed by atoms with Crippen LogP contribution in [0.1, 0.15) is 24.2 Å². The molecule has 6 aromatic heterocycles. The summed E-state index contributed by atoms with van der Waals surface area (Å²) in [5, 5.41) is 23.7. The van der Waals surface area contributed by atoms with Gasteiger partial charge in [0, 0.05) is 80.1 Å². The summed E-state index contributed by atoms with van der Waals surface area (Å²) in [5.41, 5.74) is 5.47. The lowest BCUT2D eigenvalue weighted by Crippen LogP contribution is -2.48. The number of amides is 4. The first-order chi connectivity index (χ1) is 31.0. The lowest BCUT2D eigenvalue weighted by molar-refractivity contribution is 0.254. The van der Waals surface area contributed by atoms with Crippen molar-refractivity contribution in [3.63, 3.8) is 0 Å². The SMILES string of the molecule is COc1cc(-c2ccc3c(n2)N(C(=O)Nc2cnccn2)[C@H]2CCN3C2)cc(C)n1.COc1cc(B(O)O)cc(C)n1.O=C(Nc1cnccn1)N1c2nc(Cl)ccc2N2CC[C@H]1C2. The summed E-state index contributed by atoms with van der Waals surface area (Å²) in [7, 11) is 1.60. The molecule has 0 radical (unpaired) electrons. The summed E-state index contributed by atoms with van der Waals surface area (Å²) in [4.78, 5) is 67.6. The molecule has 0 aromatic carbocycles. The topological polar surface area (TPSA) is 233 Å². The normalized spacial score (nSPS) is 16.3. The minimum atomic E-state index is -1.47. The van der Waals surface area contributed by atoms with Crippen LogP contribution in [-0.2, 0) is 0 Å². The van der Waals surface area contributed by atoms with E-state index in [1.807, 2.05) is 37.3 Å². The molecule has 2 fully saturated rings. The predicted molar refractivity (Wildman–Crippen MR) is 242 cm³/mol. The summed E-state index contributed by atoms with van der Waals surface area (Å²) in [5.74, 6) is 2.99. The van der Waals surface area contributed by atoms with Crippen LogP contribution < -0.4 is 45.2 Å². The van der Waals surface area contributed by atoms with Crippen LogP contribution in [0, 0.1) is 13.8 Å². The van der Waals surface area contributed by atoms with Gasteiger partial charge in [0.1, 0.15) is 5.15 Å². The van der Waals surface area contributed by atoms with E-state index in [2.05, 4.69) is 55.3 Å². The fraction of sp³-hybridized carbons (Fsp3) is 0.286. The van der Waals surface area contributed by atoms with Gasteiger partial charge in [0.25, 0.3) is 0 Å². The summed E-state index contributed by atoms with van der Waals surface area (Å²) in [6.45, 7) is 7.09. The molecule has 2 atom stereocenters. The average Bonchev–Trinajstić information content (AvgIpc) is 3.92. The van der Waals surface area contributed by atoms with Crippen molar-refractivity contribution in [3.05, 3.63) is 102 Å². The van der Waals surface area contributed by atoms with Gasteiger partial charge in [-0.05, 0) is 68.6 Å². The van der Waals surface area contributed by atoms with Crippen LogP contribution in [0.4, 0.5) is 44.2 Å². The van der Waals surface area contributed by atoms with Crippen LogP contribution in [0.15, 0.2) is 85.7 Å². The number of ether oxygens (including phenoxy) is 2. The first-order valence-corrected chi connectivity index (χ1v) is 20.7. The van der Waals surface area contributed by atoms with Gasteiger partial charge in [-0.2, -0.15) is 0 Å². The minimum Gasteiger partial charge on any atom is -0.481 e. The van der Waals surface area contributed by atoms with Crippen molar-refractivity contribution in [3.8, 4) is 23.0 Å². The van der Waals surface area contributed by atoms with Gasteiger partial charge in [-0.25, -0.2) is 39.5 Å². The molecular weight excluding hydrogens is 843 g/mol. The van der Waals surface area contributed by atoms with E-state index < -0.39 is 7.12 Å². The van der Waals surface area contributed by atoms with E-state index in [1.54, 1.807) is 54.6 Å². The molecule has 4 aliphatic rings. The maximum atomic E-state index is 13.2. The van der Waals surface area contributed by atoms with Gasteiger partial charge in [0.15, 0.2) is 23.3 Å². The number of carbonyl (C=O) groups excluding carboxylic acids is 2. The number of anilines is 6. The zero-order valence-corrected chi connectivity index (χ0v) is 36.1. The monoisotopic (exact) mass is 886 g/mol. The molecule has 2 saturated heterocycles. The number of carbonyl (C=O) groups is 2. The Morgan fingerprint density at radius 3 is 1.77 bits per heavy atom. The van der Waals surface area contributed by atoms with E-state index >= 15 is 0 Å². The molecule has 4 aliphatic heterocycles. The number of hydrogen-bond acceptors (Lipinski definition) is 16. The maximum absolute atomic E-state index is 13.2. The Kier molecular flexibility index (Phi) is 12.9. The Labute approximate surface area is 373 Å². The first-order valence-electron chi connectivity index (χ1n) is 20.3. The number of aryl methyl sites for hydroxylation is 2. The second-order valence-electron chi connectivity index (χ2n) is 15.1. The quantitative estimate of drug-likeness (QED) is 0.136. The largest absolute Gasteiger partial charge is 0.488 e. The van der Waals surface area contributed by atoms with E-state index in [-0.39, 0.29) is 24.1 Å². The number of pyridine rings is 4. The zero-order chi connectivity index (χ0) is 44.9. The highest BCUT2D eigenvalue weighted by Gasteiger charge is 2.42. The van der Waals surface area contributed by atoms with E-state index in [1.165, 1.54) is 31.8 Å². The van der Waals surface area contributed by atoms with Crippen LogP contribution >= 0.6 is 11.6 Å². The lowest BCUT2D eigenvalue weighted by Gasteiger charge is -2.35. The first kappa shape index (κ1) is 43.4. The molecule has 0 saturated carbocycles. The molecule has 0 spiro atoms. The Morgan fingerprint density at radius 2 is 1.23 bits per heavy atom. The van der Waals surface area contributed by atoms with Crippen molar-refractivity contribution in [1.29, 1.82) is 0 Å². The number of aromatic nitrogens is 8. The van der Waals surface area contributed by atoms with Gasteiger partial charge < -0.3 is 29.3 Å². The van der Waals surface area contributed by atoms with Gasteiger partial charge >= 0.3 is 19.2 Å². The number of methoxy groups -OCH3 is 2. The average molecular weight is 887 g/mol. The fourth-order valence-corrected chi connectivity index (χ4v) is 8.10. The number of urea groups is 2. The van der Waals surface area contributed by atoms with Crippen LogP contribution in [0.5, 0.6) is 11.8 Å². The molecule has 20 nitrogen and oxygen atoms in total. The molecule has 10 rings (SSSR count). The molecule has 0 aliphatic carbocycles. The van der Waals surface area contributed by atoms with Crippen LogP contribution in [0.2, 0.25) is 5.15 Å². The highest BCUT2D eigenvalue weighted by molar-refractivity contribution is 6.58. The number of nitrogens with zero attached hydrogens (tertiary/aromatic N) is 12. The molecule has 64 heavy (non-hydrogen) atoms. The molecule has 6 aromatic rings. The molecule has 328 valence electrons. The summed E-state index contributed by atoms with van der Waals surface area (Å²) >= 11 is 6.01. The molecular formula is C42H44BClN14O6. The molecule has 4 amide bonds. The zero-order valence-electron chi connectivity index (χ0n) is 35.3. The Bertz CT molecular complexity index is 2640. The van der Waals surface area contributed by atoms with Crippen LogP contribution in [-0.4, -0.2) is 122 Å². The van der Waals surface area contributed by atoms with E-state index in [9.17, 15) is 9.59 Å². The van der Waals surface area contributed by atoms with Crippen molar-refractivity contribution in [2.75, 3.05) is 70.6 Å². The maximum Gasteiger partial charge on any atom is 0.488 e. The molecule has 4 bridgehead atoms. The Balaban J connectivity index is 0.000000144. The van der Waals surface area contributed by atoms with E-state index in [4.69, 9.17) is 36.1 Å². The van der Waals surface area contributed by atoms with Crippen LogP contribution in [0.25, 0.3) is 11.3 Å². The summed E-state index contributed by atoms with van der Waals surface area (Å²) in [6.07, 6.45) is 11.0. The van der Waals surface area contributed by atoms with Gasteiger partial charge in [-0.15, -0.1) is 0 Å². The van der Waals surface area contributed by atoms with Crippen molar-refractivity contribution in [2.24, 2.45) is 0 Å². The standard InChI is InChI=1S/C21H21N7O2.C14H13ClN6O.C7H10BNO3/c1-13-9-14(10-19(24-13)30-2)16-3-4-17-20(25-16)28(15-5-8-27(17)12-15)21(29)26-18-11-22-6-7-23-18;15-11-2-1-10-13(18-11)21(9-3-6-20(10)8-9)14(22)19-12-7-16-4-5-17-12;1-5-3-6(8(10)11)4-7(9-5)12-2/h3-4,6-7,9-11,15H,5,8,12H2,1-2H3,(H,23,26,29);1-2,4-5,7,9H,3,6,8H2,(H,17,19,22);3-4,10-11H,1-2H3/t15-;9-;/m00./s1. The highest BCUT2D eigenvalue weighted by Crippen LogP contribution is 2.41. The second-order valence-corrected chi connectivity index (χ2v) is 15.5. The number of rotatable bonds is 6. The van der Waals surface area contributed by atoms with Gasteiger partial charge in [0.2, 0.25) is 11.8 Å². The Hall–Kier alpha value is -7.23. The number of nitrogens with one attached hydrogen (secondary N) is 2. The van der Waals surface area contributed by atoms with Crippen molar-refractivity contribution in [1.82, 2.24) is 39.9 Å². The highest BCUT2D eigenvalue weighted by atomic mass is 35.5. The lowest BCUT2D eigenvalue weighted by atomic mass is 9.80. The van der Waals surface area contributed by atoms with Gasteiger partial charge in [-0.1, -0.05) is 11.6 Å². The van der Waals surface area contributed by atoms with Gasteiger partial charge in [0.05, 0.1) is 55.8 Å². The smallest absolute Gasteiger partial charge is 0.481 e. The third-order valence-electron chi connectivity index (χ3n) is 10.8. The number of hydrogen-bond donors (Lipinski definition) is 4. The van der Waals surface area contributed by atoms with Crippen LogP contribution in [0.3, 0.4) is 0 Å².